The van der Waals surface area contributed by atoms with Crippen LogP contribution in [-0.2, 0) is 9.59 Å². The van der Waals surface area contributed by atoms with Gasteiger partial charge in [0.1, 0.15) is 6.04 Å². The van der Waals surface area contributed by atoms with Gasteiger partial charge in [-0.15, -0.1) is 0 Å². The van der Waals surface area contributed by atoms with Gasteiger partial charge in [0.25, 0.3) is 0 Å². The van der Waals surface area contributed by atoms with Gasteiger partial charge < -0.3 is 20.4 Å². The third-order valence-corrected chi connectivity index (χ3v) is 1.96. The molecular weight excluding hydrogens is 228 g/mol. The van der Waals surface area contributed by atoms with E-state index in [4.69, 9.17) is 10.2 Å². The Morgan fingerprint density at radius 3 is 2.12 bits per heavy atom. The first-order chi connectivity index (χ1) is 7.73. The molecule has 98 valence electrons. The smallest absolute Gasteiger partial charge is 0.326 e. The minimum Gasteiger partial charge on any atom is -0.481 e. The van der Waals surface area contributed by atoms with E-state index < -0.39 is 30.4 Å². The van der Waals surface area contributed by atoms with Gasteiger partial charge in [0.05, 0.1) is 6.42 Å². The fourth-order valence-electron chi connectivity index (χ4n) is 1.26. The number of carboxylic acids is 2. The number of aliphatic carboxylic acids is 2. The van der Waals surface area contributed by atoms with Gasteiger partial charge in [-0.2, -0.15) is 0 Å². The Hall–Kier alpha value is -1.79. The predicted molar refractivity (Wildman–Crippen MR) is 59.7 cm³/mol. The molecule has 0 aromatic rings. The number of hydrogen-bond donors (Lipinski definition) is 3. The number of carboxylic acid groups (broad SMARTS) is 2. The van der Waals surface area contributed by atoms with Crippen molar-refractivity contribution < 1.29 is 24.6 Å². The lowest BCUT2D eigenvalue weighted by Gasteiger charge is -2.22. The molecule has 7 nitrogen and oxygen atoms in total. The normalized spacial score (nSPS) is 12.0. The summed E-state index contributed by atoms with van der Waals surface area (Å²) in [6, 6.07) is -2.00. The third-order valence-electron chi connectivity index (χ3n) is 1.96. The van der Waals surface area contributed by atoms with Crippen LogP contribution in [0.5, 0.6) is 0 Å². The zero-order valence-corrected chi connectivity index (χ0v) is 10.1. The van der Waals surface area contributed by atoms with Crippen molar-refractivity contribution >= 4 is 18.0 Å². The van der Waals surface area contributed by atoms with Gasteiger partial charge in [-0.25, -0.2) is 9.59 Å². The molecule has 7 heteroatoms. The molecule has 0 aliphatic carbocycles. The van der Waals surface area contributed by atoms with Crippen LogP contribution in [0.4, 0.5) is 4.79 Å². The van der Waals surface area contributed by atoms with Crippen molar-refractivity contribution in [1.29, 1.82) is 0 Å². The Kier molecular flexibility index (Phi) is 6.01. The van der Waals surface area contributed by atoms with E-state index in [1.807, 2.05) is 13.8 Å². The standard InChI is InChI=1S/C10H18N2O5/c1-6(2)5-12(3)10(17)11-7(9(15)16)4-8(13)14/h6-7H,4-5H2,1-3H3,(H,11,17)(H,13,14)(H,15,16)/t7-/m0/s1. The van der Waals surface area contributed by atoms with E-state index in [9.17, 15) is 14.4 Å². The fraction of sp³-hybridized carbons (Fsp3) is 0.700. The van der Waals surface area contributed by atoms with Gasteiger partial charge >= 0.3 is 18.0 Å². The number of carbonyl (C=O) groups is 3. The van der Waals surface area contributed by atoms with E-state index in [1.165, 1.54) is 11.9 Å². The monoisotopic (exact) mass is 246 g/mol. The first-order valence-corrected chi connectivity index (χ1v) is 5.20. The van der Waals surface area contributed by atoms with Gasteiger partial charge in [0.15, 0.2) is 0 Å². The van der Waals surface area contributed by atoms with Crippen molar-refractivity contribution in [2.45, 2.75) is 26.3 Å². The Morgan fingerprint density at radius 1 is 1.24 bits per heavy atom. The van der Waals surface area contributed by atoms with Gasteiger partial charge in [-0.05, 0) is 5.92 Å². The van der Waals surface area contributed by atoms with Crippen molar-refractivity contribution in [1.82, 2.24) is 10.2 Å². The number of rotatable bonds is 6. The first kappa shape index (κ1) is 15.2. The Balaban J connectivity index is 4.39. The predicted octanol–water partition coefficient (Wildman–Crippen LogP) is 0.212. The maximum absolute atomic E-state index is 11.5. The molecule has 1 atom stereocenters. The van der Waals surface area contributed by atoms with Crippen LogP contribution >= 0.6 is 0 Å². The summed E-state index contributed by atoms with van der Waals surface area (Å²) in [6.45, 7) is 4.29. The topological polar surface area (TPSA) is 107 Å². The average molecular weight is 246 g/mol. The maximum Gasteiger partial charge on any atom is 0.326 e. The molecule has 3 N–H and O–H groups in total. The van der Waals surface area contributed by atoms with Crippen molar-refractivity contribution in [2.24, 2.45) is 5.92 Å². The lowest BCUT2D eigenvalue weighted by molar-refractivity contribution is -0.145. The van der Waals surface area contributed by atoms with Crippen LogP contribution < -0.4 is 5.32 Å². The first-order valence-electron chi connectivity index (χ1n) is 5.20. The lowest BCUT2D eigenvalue weighted by Crippen LogP contribution is -2.48. The molecule has 2 amide bonds. The molecule has 0 heterocycles. The van der Waals surface area contributed by atoms with Gasteiger partial charge in [0, 0.05) is 13.6 Å². The van der Waals surface area contributed by atoms with Crippen LogP contribution in [0, 0.1) is 5.92 Å². The van der Waals surface area contributed by atoms with E-state index >= 15 is 0 Å². The van der Waals surface area contributed by atoms with Crippen molar-refractivity contribution in [2.75, 3.05) is 13.6 Å². The Morgan fingerprint density at radius 2 is 1.76 bits per heavy atom. The summed E-state index contributed by atoms with van der Waals surface area (Å²) in [6.07, 6.45) is -0.642. The molecule has 0 aromatic carbocycles. The van der Waals surface area contributed by atoms with E-state index in [2.05, 4.69) is 5.32 Å². The maximum atomic E-state index is 11.5. The highest BCUT2D eigenvalue weighted by molar-refractivity contribution is 5.86. The fourth-order valence-corrected chi connectivity index (χ4v) is 1.26. The third kappa shape index (κ3) is 6.39. The summed E-state index contributed by atoms with van der Waals surface area (Å²) in [4.78, 5) is 34.0. The minimum atomic E-state index is -1.41. The highest BCUT2D eigenvalue weighted by atomic mass is 16.4. The number of amides is 2. The van der Waals surface area contributed by atoms with Crippen LogP contribution in [0.3, 0.4) is 0 Å². The van der Waals surface area contributed by atoms with E-state index in [0.717, 1.165) is 0 Å². The molecule has 0 saturated heterocycles. The van der Waals surface area contributed by atoms with Crippen molar-refractivity contribution in [3.8, 4) is 0 Å². The summed E-state index contributed by atoms with van der Waals surface area (Å²) in [5.41, 5.74) is 0. The number of urea groups is 1. The van der Waals surface area contributed by atoms with Gasteiger partial charge in [-0.3, -0.25) is 4.79 Å². The molecule has 0 aliphatic heterocycles. The molecule has 0 bridgehead atoms. The second kappa shape index (κ2) is 6.72. The number of nitrogens with zero attached hydrogens (tertiary/aromatic N) is 1. The number of nitrogens with one attached hydrogen (secondary N) is 1. The zero-order chi connectivity index (χ0) is 13.6. The molecule has 0 saturated carbocycles. The molecular formula is C10H18N2O5. The van der Waals surface area contributed by atoms with E-state index in [1.54, 1.807) is 0 Å². The summed E-state index contributed by atoms with van der Waals surface area (Å²) in [5, 5.41) is 19.4. The highest BCUT2D eigenvalue weighted by Gasteiger charge is 2.24. The zero-order valence-electron chi connectivity index (χ0n) is 10.1. The Bertz CT molecular complexity index is 303. The quantitative estimate of drug-likeness (QED) is 0.621. The molecule has 0 fully saturated rings. The lowest BCUT2D eigenvalue weighted by atomic mass is 10.2. The molecule has 17 heavy (non-hydrogen) atoms. The van der Waals surface area contributed by atoms with Crippen LogP contribution in [0.2, 0.25) is 0 Å². The summed E-state index contributed by atoms with van der Waals surface area (Å²) in [5.74, 6) is -2.39. The van der Waals surface area contributed by atoms with Gasteiger partial charge in [-0.1, -0.05) is 13.8 Å². The van der Waals surface area contributed by atoms with Crippen LogP contribution in [-0.4, -0.2) is 52.7 Å². The summed E-state index contributed by atoms with van der Waals surface area (Å²) >= 11 is 0. The van der Waals surface area contributed by atoms with Gasteiger partial charge in [0.2, 0.25) is 0 Å². The largest absolute Gasteiger partial charge is 0.481 e. The molecule has 0 radical (unpaired) electrons. The second-order valence-corrected chi connectivity index (χ2v) is 4.21. The van der Waals surface area contributed by atoms with Crippen LogP contribution in [0.25, 0.3) is 0 Å². The van der Waals surface area contributed by atoms with E-state index in [-0.39, 0.29) is 5.92 Å². The molecule has 0 aromatic heterocycles. The summed E-state index contributed by atoms with van der Waals surface area (Å²) in [7, 11) is 1.52. The van der Waals surface area contributed by atoms with E-state index in [0.29, 0.717) is 6.54 Å². The van der Waals surface area contributed by atoms with Crippen molar-refractivity contribution in [3.63, 3.8) is 0 Å². The van der Waals surface area contributed by atoms with Crippen LogP contribution in [0.15, 0.2) is 0 Å². The Labute approximate surface area is 99.4 Å². The number of carbonyl (C=O) groups excluding carboxylic acids is 1. The molecule has 0 spiro atoms. The SMILES string of the molecule is CC(C)CN(C)C(=O)N[C@@H](CC(=O)O)C(=O)O. The summed E-state index contributed by atoms with van der Waals surface area (Å²) < 4.78 is 0. The minimum absolute atomic E-state index is 0.244. The number of hydrogen-bond acceptors (Lipinski definition) is 3. The molecule has 0 unspecified atom stereocenters. The highest BCUT2D eigenvalue weighted by Crippen LogP contribution is 1.99. The van der Waals surface area contributed by atoms with Crippen LogP contribution in [0.1, 0.15) is 20.3 Å². The average Bonchev–Trinajstić information content (AvgIpc) is 2.14. The molecule has 0 rings (SSSR count). The second-order valence-electron chi connectivity index (χ2n) is 4.21. The van der Waals surface area contributed by atoms with Crippen molar-refractivity contribution in [3.05, 3.63) is 0 Å². The molecule has 0 aliphatic rings.